The van der Waals surface area contributed by atoms with Gasteiger partial charge in [-0.3, -0.25) is 19.0 Å². The van der Waals surface area contributed by atoms with Crippen molar-refractivity contribution in [2.24, 2.45) is 5.73 Å². The Morgan fingerprint density at radius 3 is 2.72 bits per heavy atom. The normalized spacial score (nSPS) is 12.8. The molecule has 5 rings (SSSR count). The third-order valence-electron chi connectivity index (χ3n) is 5.65. The lowest BCUT2D eigenvalue weighted by molar-refractivity contribution is -0.116. The van der Waals surface area contributed by atoms with Gasteiger partial charge in [0.15, 0.2) is 0 Å². The fraction of sp³-hybridized carbons (Fsp3) is 0.217. The summed E-state index contributed by atoms with van der Waals surface area (Å²) in [6.07, 6.45) is 4.06. The molecule has 0 saturated heterocycles. The highest BCUT2D eigenvalue weighted by Gasteiger charge is 2.26. The fourth-order valence-electron chi connectivity index (χ4n) is 4.28. The molecule has 32 heavy (non-hydrogen) atoms. The molecule has 3 heterocycles. The van der Waals surface area contributed by atoms with Crippen LogP contribution in [0.25, 0.3) is 21.3 Å². The summed E-state index contributed by atoms with van der Waals surface area (Å²) in [6, 6.07) is 9.69. The van der Waals surface area contributed by atoms with Crippen LogP contribution in [0, 0.1) is 6.92 Å². The van der Waals surface area contributed by atoms with E-state index in [2.05, 4.69) is 10.3 Å². The molecule has 0 radical (unpaired) electrons. The van der Waals surface area contributed by atoms with Crippen LogP contribution in [0.5, 0.6) is 0 Å². The summed E-state index contributed by atoms with van der Waals surface area (Å²) in [5, 5.41) is 3.77. The first-order valence-electron chi connectivity index (χ1n) is 10.2. The summed E-state index contributed by atoms with van der Waals surface area (Å²) < 4.78 is 1.31. The average Bonchev–Trinajstić information content (AvgIpc) is 3.43. The molecule has 4 aromatic rings. The Morgan fingerprint density at radius 1 is 1.19 bits per heavy atom. The molecule has 3 N–H and O–H groups in total. The maximum absolute atomic E-state index is 13.3. The number of nitrogens with zero attached hydrogens (tertiary/aromatic N) is 2. The molecule has 0 spiro atoms. The first-order chi connectivity index (χ1) is 15.4. The minimum atomic E-state index is -0.541. The van der Waals surface area contributed by atoms with Crippen LogP contribution in [0.3, 0.4) is 0 Å². The Kier molecular flexibility index (Phi) is 5.15. The van der Waals surface area contributed by atoms with Crippen molar-refractivity contribution in [3.8, 4) is 11.1 Å². The van der Waals surface area contributed by atoms with Crippen LogP contribution in [-0.4, -0.2) is 21.4 Å². The van der Waals surface area contributed by atoms with Gasteiger partial charge < -0.3 is 11.1 Å². The van der Waals surface area contributed by atoms with Crippen LogP contribution in [0.1, 0.15) is 32.1 Å². The molecular weight excluding hydrogens is 444 g/mol. The molecule has 0 unspecified atom stereocenters. The minimum Gasteiger partial charge on any atom is -0.365 e. The van der Waals surface area contributed by atoms with Gasteiger partial charge >= 0.3 is 0 Å². The molecule has 162 valence electrons. The first kappa shape index (κ1) is 20.6. The highest BCUT2D eigenvalue weighted by atomic mass is 32.1. The number of rotatable bonds is 5. The van der Waals surface area contributed by atoms with Crippen LogP contribution in [0.4, 0.5) is 5.00 Å². The summed E-state index contributed by atoms with van der Waals surface area (Å²) in [7, 11) is 0. The van der Waals surface area contributed by atoms with Crippen LogP contribution in [0.15, 0.2) is 41.5 Å². The number of hydrogen-bond acceptors (Lipinski definition) is 6. The molecule has 0 aliphatic heterocycles. The van der Waals surface area contributed by atoms with Crippen molar-refractivity contribution in [2.75, 3.05) is 5.32 Å². The van der Waals surface area contributed by atoms with E-state index in [0.29, 0.717) is 20.8 Å². The fourth-order valence-corrected chi connectivity index (χ4v) is 6.59. The number of anilines is 1. The second kappa shape index (κ2) is 7.99. The molecule has 0 atom stereocenters. The number of hydrogen-bond donors (Lipinski definition) is 2. The van der Waals surface area contributed by atoms with Crippen molar-refractivity contribution in [1.29, 1.82) is 0 Å². The van der Waals surface area contributed by atoms with Gasteiger partial charge in [-0.2, -0.15) is 0 Å². The number of nitrogens with two attached hydrogens (primary N) is 1. The average molecular weight is 465 g/mol. The van der Waals surface area contributed by atoms with Crippen molar-refractivity contribution in [3.05, 3.63) is 67.9 Å². The third-order valence-corrected chi connectivity index (χ3v) is 7.87. The van der Waals surface area contributed by atoms with E-state index >= 15 is 0 Å². The number of thiophene rings is 2. The van der Waals surface area contributed by atoms with Gasteiger partial charge in [0.2, 0.25) is 5.91 Å². The van der Waals surface area contributed by atoms with Gasteiger partial charge in [0.25, 0.3) is 11.5 Å². The lowest BCUT2D eigenvalue weighted by atomic mass is 10.0. The topological polar surface area (TPSA) is 107 Å². The Bertz CT molecular complexity index is 1430. The van der Waals surface area contributed by atoms with Crippen molar-refractivity contribution in [3.63, 3.8) is 0 Å². The van der Waals surface area contributed by atoms with E-state index in [-0.39, 0.29) is 12.1 Å². The monoisotopic (exact) mass is 464 g/mol. The van der Waals surface area contributed by atoms with Crippen molar-refractivity contribution in [1.82, 2.24) is 9.55 Å². The number of carbonyl (C=O) groups excluding carboxylic acids is 2. The quantitative estimate of drug-likeness (QED) is 0.469. The van der Waals surface area contributed by atoms with Gasteiger partial charge in [0.05, 0.1) is 17.3 Å². The lowest BCUT2D eigenvalue weighted by Crippen LogP contribution is -2.28. The number of nitrogens with one attached hydrogen (secondary N) is 1. The summed E-state index contributed by atoms with van der Waals surface area (Å²) in [4.78, 5) is 45.2. The van der Waals surface area contributed by atoms with E-state index in [1.807, 2.05) is 37.3 Å². The van der Waals surface area contributed by atoms with E-state index in [1.165, 1.54) is 33.6 Å². The standard InChI is InChI=1S/C23H20N4O3S2/c1-12-17(13-6-3-2-4-7-13)19-21(31-12)25-11-27(23(19)30)10-16(28)26-22-18(20(24)29)14-8-5-9-15(14)32-22/h2-4,6-7,11H,5,8-10H2,1H3,(H2,24,29)(H,26,28). The van der Waals surface area contributed by atoms with Crippen LogP contribution in [0.2, 0.25) is 0 Å². The van der Waals surface area contributed by atoms with Crippen LogP contribution < -0.4 is 16.6 Å². The summed E-state index contributed by atoms with van der Waals surface area (Å²) in [6.45, 7) is 1.76. The predicted octanol–water partition coefficient (Wildman–Crippen LogP) is 3.72. The number of carbonyl (C=O) groups is 2. The zero-order chi connectivity index (χ0) is 22.4. The summed E-state index contributed by atoms with van der Waals surface area (Å²) in [5.74, 6) is -0.940. The molecule has 2 amide bonds. The molecular formula is C23H20N4O3S2. The number of aromatic nitrogens is 2. The molecule has 0 saturated carbocycles. The van der Waals surface area contributed by atoms with E-state index < -0.39 is 11.8 Å². The zero-order valence-electron chi connectivity index (χ0n) is 17.3. The summed E-state index contributed by atoms with van der Waals surface area (Å²) >= 11 is 2.85. The molecule has 3 aromatic heterocycles. The molecule has 0 fully saturated rings. The van der Waals surface area contributed by atoms with Crippen molar-refractivity contribution in [2.45, 2.75) is 32.7 Å². The smallest absolute Gasteiger partial charge is 0.263 e. The number of primary amides is 1. The highest BCUT2D eigenvalue weighted by molar-refractivity contribution is 7.19. The predicted molar refractivity (Wildman–Crippen MR) is 128 cm³/mol. The Labute approximate surface area is 191 Å². The van der Waals surface area contributed by atoms with Gasteiger partial charge in [-0.15, -0.1) is 22.7 Å². The Morgan fingerprint density at radius 2 is 1.97 bits per heavy atom. The SMILES string of the molecule is Cc1sc2ncn(CC(=O)Nc3sc4c(c3C(N)=O)CCC4)c(=O)c2c1-c1ccccc1. The largest absolute Gasteiger partial charge is 0.365 e. The number of fused-ring (bicyclic) bond motifs is 2. The number of benzene rings is 1. The molecule has 1 aliphatic rings. The highest BCUT2D eigenvalue weighted by Crippen LogP contribution is 2.39. The Hall–Kier alpha value is -3.30. The van der Waals surface area contributed by atoms with Crippen molar-refractivity contribution >= 4 is 49.7 Å². The molecule has 7 nitrogen and oxygen atoms in total. The Balaban J connectivity index is 1.48. The molecule has 1 aliphatic carbocycles. The van der Waals surface area contributed by atoms with E-state index in [0.717, 1.165) is 45.7 Å². The van der Waals surface area contributed by atoms with Gasteiger partial charge in [0.1, 0.15) is 16.4 Å². The van der Waals surface area contributed by atoms with E-state index in [1.54, 1.807) is 0 Å². The lowest BCUT2D eigenvalue weighted by Gasteiger charge is -2.08. The maximum Gasteiger partial charge on any atom is 0.263 e. The van der Waals surface area contributed by atoms with Gasteiger partial charge in [-0.05, 0) is 37.3 Å². The van der Waals surface area contributed by atoms with Crippen LogP contribution in [-0.2, 0) is 24.2 Å². The van der Waals surface area contributed by atoms with Crippen LogP contribution >= 0.6 is 22.7 Å². The van der Waals surface area contributed by atoms with Crippen molar-refractivity contribution < 1.29 is 9.59 Å². The van der Waals surface area contributed by atoms with E-state index in [9.17, 15) is 14.4 Å². The van der Waals surface area contributed by atoms with E-state index in [4.69, 9.17) is 5.73 Å². The molecule has 0 bridgehead atoms. The summed E-state index contributed by atoms with van der Waals surface area (Å²) in [5.41, 5.74) is 8.44. The van der Waals surface area contributed by atoms with Gasteiger partial charge in [0, 0.05) is 15.3 Å². The van der Waals surface area contributed by atoms with Gasteiger partial charge in [-0.1, -0.05) is 30.3 Å². The zero-order valence-corrected chi connectivity index (χ0v) is 18.9. The number of aryl methyl sites for hydroxylation is 2. The molecule has 1 aromatic carbocycles. The minimum absolute atomic E-state index is 0.203. The maximum atomic E-state index is 13.3. The second-order valence-corrected chi connectivity index (χ2v) is 10.0. The van der Waals surface area contributed by atoms with Gasteiger partial charge in [-0.25, -0.2) is 4.98 Å². The first-order valence-corrected chi connectivity index (χ1v) is 11.9. The number of amides is 2. The third kappa shape index (κ3) is 3.43. The molecule has 9 heteroatoms. The second-order valence-electron chi connectivity index (χ2n) is 7.73.